The van der Waals surface area contributed by atoms with Crippen molar-refractivity contribution in [3.8, 4) is 29.1 Å². The number of fused-ring (bicyclic) bond motifs is 2. The zero-order valence-electron chi connectivity index (χ0n) is 14.9. The first-order valence-electron chi connectivity index (χ1n) is 9.06. The molecule has 1 aromatic rings. The predicted molar refractivity (Wildman–Crippen MR) is 94.0 cm³/mol. The summed E-state index contributed by atoms with van der Waals surface area (Å²) in [7, 11) is 3.72. The Morgan fingerprint density at radius 1 is 1.28 bits per heavy atom. The first kappa shape index (κ1) is 16.6. The second kappa shape index (κ2) is 6.44. The minimum atomic E-state index is -0.847. The Bertz CT molecular complexity index is 727. The number of hydrogen-bond acceptors (Lipinski definition) is 5. The van der Waals surface area contributed by atoms with E-state index in [0.717, 1.165) is 50.0 Å². The molecule has 0 saturated heterocycles. The van der Waals surface area contributed by atoms with Crippen LogP contribution in [0.2, 0.25) is 0 Å². The number of aliphatic hydroxyl groups is 1. The molecule has 4 rings (SSSR count). The highest BCUT2D eigenvalue weighted by atomic mass is 16.7. The van der Waals surface area contributed by atoms with Crippen molar-refractivity contribution in [1.29, 1.82) is 0 Å². The molecule has 0 radical (unpaired) electrons. The van der Waals surface area contributed by atoms with Crippen molar-refractivity contribution >= 4 is 0 Å². The molecule has 2 aliphatic heterocycles. The monoisotopic (exact) mass is 343 g/mol. The van der Waals surface area contributed by atoms with E-state index in [1.807, 2.05) is 0 Å². The second-order valence-corrected chi connectivity index (χ2v) is 7.21. The Hall–Kier alpha value is -1.90. The second-order valence-electron chi connectivity index (χ2n) is 7.21. The molecular weight excluding hydrogens is 318 g/mol. The fourth-order valence-electron chi connectivity index (χ4n) is 4.08. The maximum Gasteiger partial charge on any atom is 0.231 e. The largest absolute Gasteiger partial charge is 0.492 e. The Balaban J connectivity index is 1.76. The molecule has 1 N–H and O–H groups in total. The van der Waals surface area contributed by atoms with E-state index < -0.39 is 5.60 Å². The van der Waals surface area contributed by atoms with Gasteiger partial charge in [-0.1, -0.05) is 18.3 Å². The molecule has 1 aliphatic carbocycles. The summed E-state index contributed by atoms with van der Waals surface area (Å²) in [6.07, 6.45) is 5.73. The lowest BCUT2D eigenvalue weighted by Gasteiger charge is -2.33. The molecule has 1 aromatic carbocycles. The van der Waals surface area contributed by atoms with Crippen LogP contribution in [0.4, 0.5) is 0 Å². The third-order valence-corrected chi connectivity index (χ3v) is 5.52. The number of methoxy groups -OCH3 is 1. The number of benzene rings is 1. The van der Waals surface area contributed by atoms with E-state index in [2.05, 4.69) is 29.9 Å². The van der Waals surface area contributed by atoms with Crippen molar-refractivity contribution in [2.24, 2.45) is 0 Å². The summed E-state index contributed by atoms with van der Waals surface area (Å²) in [5.41, 5.74) is 1.39. The van der Waals surface area contributed by atoms with E-state index in [1.54, 1.807) is 7.11 Å². The topological polar surface area (TPSA) is 51.2 Å². The Kier molecular flexibility index (Phi) is 4.26. The Labute approximate surface area is 148 Å². The summed E-state index contributed by atoms with van der Waals surface area (Å²) in [5.74, 6) is 8.68. The lowest BCUT2D eigenvalue weighted by atomic mass is 9.84. The van der Waals surface area contributed by atoms with E-state index >= 15 is 0 Å². The van der Waals surface area contributed by atoms with Gasteiger partial charge in [0.1, 0.15) is 11.6 Å². The summed E-state index contributed by atoms with van der Waals surface area (Å²) in [6.45, 7) is 1.13. The van der Waals surface area contributed by atoms with Crippen LogP contribution in [-0.2, 0) is 6.42 Å². The van der Waals surface area contributed by atoms with Gasteiger partial charge in [0, 0.05) is 12.1 Å². The molecule has 5 heteroatoms. The highest BCUT2D eigenvalue weighted by Crippen LogP contribution is 2.49. The zero-order valence-corrected chi connectivity index (χ0v) is 14.9. The van der Waals surface area contributed by atoms with Crippen molar-refractivity contribution in [3.05, 3.63) is 17.2 Å². The van der Waals surface area contributed by atoms with Crippen LogP contribution in [0.5, 0.6) is 17.2 Å². The van der Waals surface area contributed by atoms with Crippen LogP contribution < -0.4 is 14.2 Å². The first-order valence-corrected chi connectivity index (χ1v) is 9.06. The Morgan fingerprint density at radius 2 is 2.08 bits per heavy atom. The number of ether oxygens (including phenoxy) is 3. The van der Waals surface area contributed by atoms with Gasteiger partial charge >= 0.3 is 0 Å². The number of rotatable bonds is 1. The van der Waals surface area contributed by atoms with Gasteiger partial charge in [-0.05, 0) is 50.8 Å². The van der Waals surface area contributed by atoms with Crippen LogP contribution in [0.15, 0.2) is 6.07 Å². The van der Waals surface area contributed by atoms with Gasteiger partial charge in [-0.15, -0.1) is 0 Å². The highest BCUT2D eigenvalue weighted by Gasteiger charge is 2.34. The van der Waals surface area contributed by atoms with Crippen molar-refractivity contribution in [1.82, 2.24) is 4.90 Å². The molecule has 1 atom stereocenters. The van der Waals surface area contributed by atoms with Gasteiger partial charge in [-0.25, -0.2) is 0 Å². The van der Waals surface area contributed by atoms with Crippen molar-refractivity contribution in [2.75, 3.05) is 27.5 Å². The fraction of sp³-hybridized carbons (Fsp3) is 0.600. The van der Waals surface area contributed by atoms with Crippen LogP contribution in [0.25, 0.3) is 0 Å². The third kappa shape index (κ3) is 2.94. The molecular formula is C20H25NO4. The van der Waals surface area contributed by atoms with E-state index in [1.165, 1.54) is 12.0 Å². The molecule has 0 unspecified atom stereocenters. The van der Waals surface area contributed by atoms with Gasteiger partial charge < -0.3 is 19.3 Å². The van der Waals surface area contributed by atoms with Gasteiger partial charge in [0.25, 0.3) is 0 Å². The standard InChI is InChI=1S/C20H25NO4/c1-21-11-7-14-12-16-18(25-13-24-16)19(23-2)17(14)15(21)6-10-20(22)8-4-3-5-9-20/h12,15,22H,3-5,7-9,11,13H2,1-2H3/t15-/m0/s1. The molecule has 1 saturated carbocycles. The molecule has 2 heterocycles. The molecule has 134 valence electrons. The molecule has 3 aliphatic rings. The van der Waals surface area contributed by atoms with Gasteiger partial charge in [0.05, 0.1) is 7.11 Å². The van der Waals surface area contributed by atoms with Crippen LogP contribution >= 0.6 is 0 Å². The van der Waals surface area contributed by atoms with Gasteiger partial charge in [0.2, 0.25) is 12.5 Å². The minimum Gasteiger partial charge on any atom is -0.492 e. The van der Waals surface area contributed by atoms with Crippen molar-refractivity contribution in [3.63, 3.8) is 0 Å². The van der Waals surface area contributed by atoms with Crippen molar-refractivity contribution in [2.45, 2.75) is 50.2 Å². The average Bonchev–Trinajstić information content (AvgIpc) is 3.08. The fourth-order valence-corrected chi connectivity index (χ4v) is 4.08. The minimum absolute atomic E-state index is 0.112. The van der Waals surface area contributed by atoms with Crippen LogP contribution in [0, 0.1) is 11.8 Å². The van der Waals surface area contributed by atoms with E-state index in [9.17, 15) is 5.11 Å². The molecule has 5 nitrogen and oxygen atoms in total. The summed E-state index contributed by atoms with van der Waals surface area (Å²) < 4.78 is 16.9. The SMILES string of the molecule is COc1c2c(cc3c1[C@H](C#CC1(O)CCCCC1)N(C)CC3)OCO2. The summed E-state index contributed by atoms with van der Waals surface area (Å²) in [5, 5.41) is 10.7. The number of nitrogens with zero attached hydrogens (tertiary/aromatic N) is 1. The molecule has 0 aromatic heterocycles. The lowest BCUT2D eigenvalue weighted by Crippen LogP contribution is -2.33. The molecule has 0 amide bonds. The van der Waals surface area contributed by atoms with Crippen molar-refractivity contribution < 1.29 is 19.3 Å². The first-order chi connectivity index (χ1) is 12.1. The smallest absolute Gasteiger partial charge is 0.231 e. The molecule has 0 bridgehead atoms. The normalized spacial score (nSPS) is 24.2. The maximum atomic E-state index is 10.7. The number of likely N-dealkylation sites (N-methyl/N-ethyl adjacent to an activating group) is 1. The maximum absolute atomic E-state index is 10.7. The van der Waals surface area contributed by atoms with Gasteiger partial charge in [-0.3, -0.25) is 4.90 Å². The molecule has 0 spiro atoms. The zero-order chi connectivity index (χ0) is 17.4. The van der Waals surface area contributed by atoms with E-state index in [4.69, 9.17) is 14.2 Å². The average molecular weight is 343 g/mol. The number of hydrogen-bond donors (Lipinski definition) is 1. The summed E-state index contributed by atoms with van der Waals surface area (Å²) in [6, 6.07) is 1.94. The third-order valence-electron chi connectivity index (χ3n) is 5.52. The lowest BCUT2D eigenvalue weighted by molar-refractivity contribution is 0.0606. The van der Waals surface area contributed by atoms with Gasteiger partial charge in [-0.2, -0.15) is 0 Å². The molecule has 25 heavy (non-hydrogen) atoms. The molecule has 1 fully saturated rings. The van der Waals surface area contributed by atoms with Gasteiger partial charge in [0.15, 0.2) is 11.5 Å². The van der Waals surface area contributed by atoms with Crippen LogP contribution in [0.3, 0.4) is 0 Å². The van der Waals surface area contributed by atoms with E-state index in [-0.39, 0.29) is 12.8 Å². The summed E-state index contributed by atoms with van der Waals surface area (Å²) >= 11 is 0. The highest BCUT2D eigenvalue weighted by molar-refractivity contribution is 5.63. The van der Waals surface area contributed by atoms with Crippen LogP contribution in [0.1, 0.15) is 49.3 Å². The summed E-state index contributed by atoms with van der Waals surface area (Å²) in [4.78, 5) is 2.21. The van der Waals surface area contributed by atoms with E-state index in [0.29, 0.717) is 11.5 Å². The Morgan fingerprint density at radius 3 is 2.84 bits per heavy atom. The predicted octanol–water partition coefficient (Wildman–Crippen LogP) is 2.65. The quantitative estimate of drug-likeness (QED) is 0.795. The van der Waals surface area contributed by atoms with Crippen LogP contribution in [-0.4, -0.2) is 43.1 Å².